The predicted molar refractivity (Wildman–Crippen MR) is 99.1 cm³/mol. The number of nitro groups is 1. The number of ether oxygens (including phenoxy) is 1. The average molecular weight is 348 g/mol. The number of carbonyl (C=O) groups excluding carboxylic acids is 1. The van der Waals surface area contributed by atoms with Crippen molar-refractivity contribution in [2.24, 2.45) is 0 Å². The maximum Gasteiger partial charge on any atom is 0.292 e. The van der Waals surface area contributed by atoms with E-state index in [2.05, 4.69) is 5.32 Å². The Morgan fingerprint density at radius 2 is 1.50 bits per heavy atom. The summed E-state index contributed by atoms with van der Waals surface area (Å²) < 4.78 is 5.45. The Kier molecular flexibility index (Phi) is 5.24. The Hall–Kier alpha value is -3.67. The number of hydrogen-bond acceptors (Lipinski definition) is 4. The van der Waals surface area contributed by atoms with Gasteiger partial charge in [-0.1, -0.05) is 54.6 Å². The topological polar surface area (TPSA) is 81.5 Å². The minimum atomic E-state index is -0.543. The highest BCUT2D eigenvalue weighted by molar-refractivity contribution is 5.94. The van der Waals surface area contributed by atoms with E-state index in [9.17, 15) is 14.9 Å². The summed E-state index contributed by atoms with van der Waals surface area (Å²) in [5.74, 6) is 0.0776. The van der Waals surface area contributed by atoms with Gasteiger partial charge in [0.05, 0.1) is 4.92 Å². The molecule has 0 atom stereocenters. The van der Waals surface area contributed by atoms with Crippen LogP contribution >= 0.6 is 0 Å². The van der Waals surface area contributed by atoms with Gasteiger partial charge in [0.2, 0.25) is 0 Å². The van der Waals surface area contributed by atoms with Crippen LogP contribution in [0.3, 0.4) is 0 Å². The fourth-order valence-electron chi connectivity index (χ4n) is 2.45. The molecule has 1 amide bonds. The summed E-state index contributed by atoms with van der Waals surface area (Å²) >= 11 is 0. The largest absolute Gasteiger partial charge is 0.484 e. The van der Waals surface area contributed by atoms with Crippen LogP contribution in [0, 0.1) is 10.1 Å². The van der Waals surface area contributed by atoms with Gasteiger partial charge < -0.3 is 10.1 Å². The molecule has 130 valence electrons. The van der Waals surface area contributed by atoms with Gasteiger partial charge in [0.25, 0.3) is 11.6 Å². The summed E-state index contributed by atoms with van der Waals surface area (Å²) in [5.41, 5.74) is 2.12. The molecule has 6 nitrogen and oxygen atoms in total. The van der Waals surface area contributed by atoms with E-state index in [1.807, 2.05) is 42.5 Å². The van der Waals surface area contributed by atoms with Gasteiger partial charge in [-0.15, -0.1) is 0 Å². The summed E-state index contributed by atoms with van der Waals surface area (Å²) in [6, 6.07) is 23.2. The molecule has 0 bridgehead atoms. The second-order valence-corrected chi connectivity index (χ2v) is 5.50. The third-order valence-corrected chi connectivity index (χ3v) is 3.71. The molecule has 0 heterocycles. The van der Waals surface area contributed by atoms with E-state index in [0.717, 1.165) is 11.1 Å². The smallest absolute Gasteiger partial charge is 0.292 e. The van der Waals surface area contributed by atoms with Crippen molar-refractivity contribution in [3.63, 3.8) is 0 Å². The molecule has 0 saturated carbocycles. The highest BCUT2D eigenvalue weighted by Crippen LogP contribution is 2.24. The van der Waals surface area contributed by atoms with Crippen LogP contribution < -0.4 is 10.1 Å². The summed E-state index contributed by atoms with van der Waals surface area (Å²) in [6.07, 6.45) is 0. The lowest BCUT2D eigenvalue weighted by Gasteiger charge is -2.08. The first-order valence-corrected chi connectivity index (χ1v) is 7.95. The maximum absolute atomic E-state index is 12.0. The molecule has 0 fully saturated rings. The fraction of sp³-hybridized carbons (Fsp3) is 0.0500. The Bertz CT molecular complexity index is 909. The number of para-hydroxylation sites is 2. The molecule has 0 spiro atoms. The van der Waals surface area contributed by atoms with Gasteiger partial charge in [-0.05, 0) is 29.3 Å². The Morgan fingerprint density at radius 1 is 0.885 bits per heavy atom. The molecular formula is C20H16N2O4. The summed E-state index contributed by atoms with van der Waals surface area (Å²) in [5, 5.41) is 13.4. The molecule has 26 heavy (non-hydrogen) atoms. The first-order chi connectivity index (χ1) is 12.6. The van der Waals surface area contributed by atoms with E-state index in [1.54, 1.807) is 24.3 Å². The minimum Gasteiger partial charge on any atom is -0.484 e. The second kappa shape index (κ2) is 7.94. The number of amides is 1. The van der Waals surface area contributed by atoms with Gasteiger partial charge in [0, 0.05) is 6.07 Å². The molecule has 0 aliphatic rings. The summed E-state index contributed by atoms with van der Waals surface area (Å²) in [6.45, 7) is -0.239. The van der Waals surface area contributed by atoms with E-state index in [0.29, 0.717) is 5.75 Å². The Balaban J connectivity index is 1.59. The molecule has 0 aliphatic carbocycles. The third kappa shape index (κ3) is 4.24. The molecule has 0 unspecified atom stereocenters. The van der Waals surface area contributed by atoms with Crippen molar-refractivity contribution < 1.29 is 14.5 Å². The van der Waals surface area contributed by atoms with Crippen molar-refractivity contribution >= 4 is 17.3 Å². The summed E-state index contributed by atoms with van der Waals surface area (Å²) in [7, 11) is 0. The molecule has 1 N–H and O–H groups in total. The van der Waals surface area contributed by atoms with E-state index >= 15 is 0 Å². The Morgan fingerprint density at radius 3 is 2.19 bits per heavy atom. The van der Waals surface area contributed by atoms with Crippen LogP contribution in [-0.2, 0) is 4.79 Å². The summed E-state index contributed by atoms with van der Waals surface area (Å²) in [4.78, 5) is 22.4. The van der Waals surface area contributed by atoms with Crippen molar-refractivity contribution in [3.05, 3.63) is 89.0 Å². The molecule has 6 heteroatoms. The number of hydrogen-bond donors (Lipinski definition) is 1. The highest BCUT2D eigenvalue weighted by atomic mass is 16.6. The lowest BCUT2D eigenvalue weighted by atomic mass is 10.1. The molecule has 3 aromatic rings. The highest BCUT2D eigenvalue weighted by Gasteiger charge is 2.14. The number of carbonyl (C=O) groups is 1. The zero-order chi connectivity index (χ0) is 18.4. The molecule has 3 aromatic carbocycles. The lowest BCUT2D eigenvalue weighted by molar-refractivity contribution is -0.383. The van der Waals surface area contributed by atoms with Gasteiger partial charge in [0.1, 0.15) is 11.4 Å². The third-order valence-electron chi connectivity index (χ3n) is 3.71. The van der Waals surface area contributed by atoms with Crippen LogP contribution in [0.2, 0.25) is 0 Å². The van der Waals surface area contributed by atoms with Crippen LogP contribution in [0.5, 0.6) is 5.75 Å². The zero-order valence-electron chi connectivity index (χ0n) is 13.8. The van der Waals surface area contributed by atoms with Crippen molar-refractivity contribution in [2.45, 2.75) is 0 Å². The molecule has 3 rings (SSSR count). The van der Waals surface area contributed by atoms with Crippen molar-refractivity contribution in [2.75, 3.05) is 11.9 Å². The fourth-order valence-corrected chi connectivity index (χ4v) is 2.45. The number of rotatable bonds is 6. The standard InChI is InChI=1S/C20H16N2O4/c23-20(21-18-8-4-5-9-19(18)22(24)25)14-26-17-12-10-16(11-13-17)15-6-2-1-3-7-15/h1-13H,14H2,(H,21,23). The second-order valence-electron chi connectivity index (χ2n) is 5.50. The van der Waals surface area contributed by atoms with Crippen molar-refractivity contribution in [3.8, 4) is 16.9 Å². The van der Waals surface area contributed by atoms with Crippen molar-refractivity contribution in [1.29, 1.82) is 0 Å². The average Bonchev–Trinajstić information content (AvgIpc) is 2.68. The van der Waals surface area contributed by atoms with Gasteiger partial charge in [-0.2, -0.15) is 0 Å². The number of anilines is 1. The molecule has 0 radical (unpaired) electrons. The molecule has 0 aliphatic heterocycles. The van der Waals surface area contributed by atoms with Crippen LogP contribution in [0.25, 0.3) is 11.1 Å². The number of nitrogens with zero attached hydrogens (tertiary/aromatic N) is 1. The number of benzene rings is 3. The zero-order valence-corrected chi connectivity index (χ0v) is 13.8. The minimum absolute atomic E-state index is 0.144. The molecular weight excluding hydrogens is 332 g/mol. The van der Waals surface area contributed by atoms with E-state index < -0.39 is 10.8 Å². The van der Waals surface area contributed by atoms with E-state index in [1.165, 1.54) is 12.1 Å². The van der Waals surface area contributed by atoms with Gasteiger partial charge in [-0.25, -0.2) is 0 Å². The van der Waals surface area contributed by atoms with Gasteiger partial charge >= 0.3 is 0 Å². The maximum atomic E-state index is 12.0. The predicted octanol–water partition coefficient (Wildman–Crippen LogP) is 4.28. The SMILES string of the molecule is O=C(COc1ccc(-c2ccccc2)cc1)Nc1ccccc1[N+](=O)[O-]. The van der Waals surface area contributed by atoms with E-state index in [-0.39, 0.29) is 18.0 Å². The van der Waals surface area contributed by atoms with E-state index in [4.69, 9.17) is 4.74 Å². The Labute approximate surface area is 150 Å². The first kappa shape index (κ1) is 17.2. The first-order valence-electron chi connectivity index (χ1n) is 7.95. The van der Waals surface area contributed by atoms with Gasteiger partial charge in [-0.3, -0.25) is 14.9 Å². The number of nitrogens with one attached hydrogen (secondary N) is 1. The van der Waals surface area contributed by atoms with Gasteiger partial charge in [0.15, 0.2) is 6.61 Å². The van der Waals surface area contributed by atoms with Crippen LogP contribution in [-0.4, -0.2) is 17.4 Å². The van der Waals surface area contributed by atoms with Crippen LogP contribution in [0.4, 0.5) is 11.4 Å². The van der Waals surface area contributed by atoms with Crippen molar-refractivity contribution in [1.82, 2.24) is 0 Å². The number of nitro benzene ring substituents is 1. The quantitative estimate of drug-likeness (QED) is 0.532. The van der Waals surface area contributed by atoms with Crippen LogP contribution in [0.15, 0.2) is 78.9 Å². The molecule has 0 saturated heterocycles. The normalized spacial score (nSPS) is 10.2. The molecule has 0 aromatic heterocycles. The monoisotopic (exact) mass is 348 g/mol. The van der Waals surface area contributed by atoms with Crippen LogP contribution in [0.1, 0.15) is 0 Å². The lowest BCUT2D eigenvalue weighted by Crippen LogP contribution is -2.20.